The first-order valence-electron chi connectivity index (χ1n) is 31.2. The van der Waals surface area contributed by atoms with Gasteiger partial charge in [-0.3, -0.25) is 0 Å². The first-order chi connectivity index (χ1) is 36.7. The van der Waals surface area contributed by atoms with Gasteiger partial charge in [0, 0.05) is 34.0 Å². The van der Waals surface area contributed by atoms with Crippen molar-refractivity contribution in [3.05, 3.63) is 148 Å². The number of nitrogens with zero attached hydrogens (tertiary/aromatic N) is 2. The second-order valence-electron chi connectivity index (χ2n) is 32.6. The molecule has 2 nitrogen and oxygen atoms in total. The number of hydrogen-bond donors (Lipinski definition) is 0. The van der Waals surface area contributed by atoms with Crippen LogP contribution < -0.4 is 26.2 Å². The predicted octanol–water partition coefficient (Wildman–Crippen LogP) is 18.0. The lowest BCUT2D eigenvalue weighted by Gasteiger charge is -2.72. The van der Waals surface area contributed by atoms with E-state index in [2.05, 4.69) is 217 Å². The maximum absolute atomic E-state index is 2.86. The zero-order valence-corrected chi connectivity index (χ0v) is 50.4. The van der Waals surface area contributed by atoms with Crippen LogP contribution in [0.4, 0.5) is 34.1 Å². The molecule has 0 aromatic heterocycles. The Labute approximate surface area is 470 Å². The molecule has 11 aliphatic rings. The van der Waals surface area contributed by atoms with Gasteiger partial charge in [-0.2, -0.15) is 0 Å². The molecule has 7 saturated carbocycles. The van der Waals surface area contributed by atoms with E-state index in [1.807, 2.05) is 0 Å². The van der Waals surface area contributed by atoms with Crippen LogP contribution in [-0.2, 0) is 37.9 Å². The molecular formula is C75H89BN2. The predicted molar refractivity (Wildman–Crippen MR) is 332 cm³/mol. The maximum atomic E-state index is 2.86. The fourth-order valence-corrected chi connectivity index (χ4v) is 19.6. The molecule has 2 aliphatic heterocycles. The fourth-order valence-electron chi connectivity index (χ4n) is 19.6. The van der Waals surface area contributed by atoms with E-state index >= 15 is 0 Å². The summed E-state index contributed by atoms with van der Waals surface area (Å²) in [4.78, 5) is 5.68. The van der Waals surface area contributed by atoms with Crippen LogP contribution in [0.2, 0.25) is 0 Å². The second kappa shape index (κ2) is 15.9. The Morgan fingerprint density at radius 1 is 0.436 bits per heavy atom. The fraction of sp³-hybridized carbons (Fsp3) is 0.520. The van der Waals surface area contributed by atoms with Crippen molar-refractivity contribution in [2.24, 2.45) is 41.4 Å². The lowest BCUT2D eigenvalue weighted by Crippen LogP contribution is -2.66. The molecule has 0 spiro atoms. The number of hydrogen-bond acceptors (Lipinski definition) is 2. The zero-order valence-electron chi connectivity index (χ0n) is 50.4. The maximum Gasteiger partial charge on any atom is 0.252 e. The molecule has 17 rings (SSSR count). The van der Waals surface area contributed by atoms with Gasteiger partial charge in [-0.25, -0.2) is 0 Å². The van der Waals surface area contributed by atoms with Crippen molar-refractivity contribution < 1.29 is 0 Å². The highest BCUT2D eigenvalue weighted by Crippen LogP contribution is 2.75. The monoisotopic (exact) mass is 1030 g/mol. The van der Waals surface area contributed by atoms with Gasteiger partial charge in [-0.1, -0.05) is 157 Å². The van der Waals surface area contributed by atoms with Crippen LogP contribution in [0.15, 0.2) is 103 Å². The van der Waals surface area contributed by atoms with Crippen LogP contribution in [-0.4, -0.2) is 6.71 Å². The van der Waals surface area contributed by atoms with Gasteiger partial charge in [0.05, 0.1) is 5.69 Å². The van der Waals surface area contributed by atoms with E-state index in [1.54, 1.807) is 22.3 Å². The van der Waals surface area contributed by atoms with E-state index in [1.165, 1.54) is 148 Å². The summed E-state index contributed by atoms with van der Waals surface area (Å²) in [5.74, 6) is 6.57. The minimum absolute atomic E-state index is 0.0126. The molecule has 0 atom stereocenters. The Morgan fingerprint density at radius 3 is 1.51 bits per heavy atom. The lowest BCUT2D eigenvalue weighted by molar-refractivity contribution is -0.212. The summed E-state index contributed by atoms with van der Waals surface area (Å²) in [5, 5.41) is 0. The highest BCUT2D eigenvalue weighted by molar-refractivity contribution is 7.00. The summed E-state index contributed by atoms with van der Waals surface area (Å²) < 4.78 is 0. The van der Waals surface area contributed by atoms with Crippen LogP contribution in [0.5, 0.6) is 0 Å². The molecule has 6 aromatic carbocycles. The quantitative estimate of drug-likeness (QED) is 0.162. The van der Waals surface area contributed by atoms with E-state index in [4.69, 9.17) is 0 Å². The summed E-state index contributed by atoms with van der Waals surface area (Å²) in [7, 11) is 0. The van der Waals surface area contributed by atoms with Crippen LogP contribution in [0, 0.1) is 48.3 Å². The average Bonchev–Trinajstić information content (AvgIpc) is 1.62. The topological polar surface area (TPSA) is 6.48 Å². The largest absolute Gasteiger partial charge is 0.311 e. The third-order valence-electron chi connectivity index (χ3n) is 24.1. The molecule has 0 amide bonds. The van der Waals surface area contributed by atoms with Gasteiger partial charge in [0.25, 0.3) is 6.71 Å². The minimum atomic E-state index is -0.0126. The van der Waals surface area contributed by atoms with Gasteiger partial charge in [0.2, 0.25) is 0 Å². The first-order valence-corrected chi connectivity index (χ1v) is 31.2. The molecule has 0 N–H and O–H groups in total. The zero-order chi connectivity index (χ0) is 54.3. The van der Waals surface area contributed by atoms with Crippen molar-refractivity contribution in [3.63, 3.8) is 0 Å². The van der Waals surface area contributed by atoms with E-state index in [9.17, 15) is 0 Å². The standard InChI is InChI=1S/C75H89BN2/c1-43-16-24-64-61(30-43)76-62-38-59-60(74(14,15)29-28-73(59,12)13)39-65(62)77(49-22-23-57-58(37-49)72(10,11)27-26-71(57,8)9)66-35-48(75-40-54-51-31-44-32-52(54)56(42-75)53(33-44)55(51)41-75)36-67(68(66)76)78(64)63-25-21-47(70(5,6)7)34-50(63)45-17-19-46(20-18-45)69(2,3)4/h16-25,30,34-39,44,51-56H,26-29,31-33,40-42H2,1-15H3. The van der Waals surface area contributed by atoms with Crippen molar-refractivity contribution in [1.29, 1.82) is 0 Å². The van der Waals surface area contributed by atoms with Gasteiger partial charge in [-0.05, 0) is 260 Å². The van der Waals surface area contributed by atoms with Crippen molar-refractivity contribution >= 4 is 57.2 Å². The van der Waals surface area contributed by atoms with Crippen molar-refractivity contribution in [1.82, 2.24) is 0 Å². The molecule has 7 fully saturated rings. The van der Waals surface area contributed by atoms with Gasteiger partial charge < -0.3 is 9.80 Å². The smallest absolute Gasteiger partial charge is 0.252 e. The van der Waals surface area contributed by atoms with Crippen molar-refractivity contribution in [2.45, 2.75) is 206 Å². The molecule has 3 heteroatoms. The molecule has 9 aliphatic carbocycles. The van der Waals surface area contributed by atoms with E-state index < -0.39 is 0 Å². The Bertz CT molecular complexity index is 3470. The Hall–Kier alpha value is -5.02. The van der Waals surface area contributed by atoms with E-state index in [-0.39, 0.29) is 44.6 Å². The van der Waals surface area contributed by atoms with Crippen molar-refractivity contribution in [3.8, 4) is 11.1 Å². The number of benzene rings is 6. The second-order valence-corrected chi connectivity index (χ2v) is 32.6. The van der Waals surface area contributed by atoms with E-state index in [0.29, 0.717) is 0 Å². The molecule has 402 valence electrons. The van der Waals surface area contributed by atoms with Gasteiger partial charge in [0.1, 0.15) is 0 Å². The average molecular weight is 1030 g/mol. The third-order valence-corrected chi connectivity index (χ3v) is 24.1. The lowest BCUT2D eigenvalue weighted by atomic mass is 9.31. The Balaban J connectivity index is 1.05. The Kier molecular flexibility index (Phi) is 10.2. The normalized spacial score (nSPS) is 29.5. The molecule has 2 heterocycles. The Morgan fingerprint density at radius 2 is 0.936 bits per heavy atom. The van der Waals surface area contributed by atoms with Gasteiger partial charge in [0.15, 0.2) is 0 Å². The highest BCUT2D eigenvalue weighted by atomic mass is 15.2. The summed E-state index contributed by atoms with van der Waals surface area (Å²) in [6, 6.07) is 43.8. The summed E-state index contributed by atoms with van der Waals surface area (Å²) >= 11 is 0. The summed E-state index contributed by atoms with van der Waals surface area (Å²) in [5.41, 5.74) is 27.7. The molecule has 6 aromatic rings. The van der Waals surface area contributed by atoms with Crippen LogP contribution in [0.25, 0.3) is 11.1 Å². The number of aryl methyl sites for hydroxylation is 1. The van der Waals surface area contributed by atoms with Crippen molar-refractivity contribution in [2.75, 3.05) is 9.80 Å². The summed E-state index contributed by atoms with van der Waals surface area (Å²) in [6.07, 6.45) is 13.5. The first kappa shape index (κ1) is 50.0. The third kappa shape index (κ3) is 6.99. The molecule has 8 bridgehead atoms. The molecule has 0 saturated heterocycles. The van der Waals surface area contributed by atoms with Gasteiger partial charge >= 0.3 is 0 Å². The SMILES string of the molecule is Cc1ccc2c(c1)B1c3cc4c(cc3N(c3ccc5c(c3)C(C)(C)CCC5(C)C)c3cc(C56CC7C8CC9CC7C(C5)C(C9)C8C6)cc(c31)N2c1ccc(C(C)(C)C)cc1-c1ccc(C(C)(C)C)cc1)C(C)(C)CCC4(C)C. The molecular weight excluding hydrogens is 940 g/mol. The van der Waals surface area contributed by atoms with Crippen LogP contribution in [0.1, 0.15) is 206 Å². The van der Waals surface area contributed by atoms with E-state index in [0.717, 1.165) is 41.4 Å². The highest BCUT2D eigenvalue weighted by Gasteiger charge is 2.68. The summed E-state index contributed by atoms with van der Waals surface area (Å²) in [6.45, 7) is 36.8. The number of anilines is 6. The number of fused-ring (bicyclic) bond motifs is 6. The van der Waals surface area contributed by atoms with Gasteiger partial charge in [-0.15, -0.1) is 0 Å². The van der Waals surface area contributed by atoms with Crippen LogP contribution in [0.3, 0.4) is 0 Å². The van der Waals surface area contributed by atoms with Crippen LogP contribution >= 0.6 is 0 Å². The molecule has 78 heavy (non-hydrogen) atoms. The number of rotatable bonds is 4. The molecule has 0 radical (unpaired) electrons. The minimum Gasteiger partial charge on any atom is -0.311 e. The molecule has 0 unspecified atom stereocenters.